The van der Waals surface area contributed by atoms with Crippen molar-refractivity contribution in [1.29, 1.82) is 0 Å². The van der Waals surface area contributed by atoms with Crippen molar-refractivity contribution in [1.82, 2.24) is 9.80 Å². The minimum absolute atomic E-state index is 0.212. The summed E-state index contributed by atoms with van der Waals surface area (Å²) in [5, 5.41) is 0. The summed E-state index contributed by atoms with van der Waals surface area (Å²) >= 11 is 0. The molecule has 2 aliphatic heterocycles. The lowest BCUT2D eigenvalue weighted by atomic mass is 9.99. The van der Waals surface area contributed by atoms with Crippen molar-refractivity contribution in [2.75, 3.05) is 7.05 Å². The van der Waals surface area contributed by atoms with Gasteiger partial charge in [-0.05, 0) is 42.7 Å². The molecule has 2 aliphatic rings. The number of hydrogen-bond donors (Lipinski definition) is 1. The average Bonchev–Trinajstić information content (AvgIpc) is 3.24. The highest BCUT2D eigenvalue weighted by Gasteiger charge is 2.30. The zero-order valence-electron chi connectivity index (χ0n) is 19.4. The Morgan fingerprint density at radius 2 is 1.94 bits per heavy atom. The topological polar surface area (TPSA) is 74.3 Å². The zero-order valence-corrected chi connectivity index (χ0v) is 19.4. The molecule has 2 heterocycles. The van der Waals surface area contributed by atoms with Crippen LogP contribution in [-0.4, -0.2) is 34.9 Å². The fraction of sp³-hybridized carbons (Fsp3) is 0.222. The molecule has 2 aromatic carbocycles. The minimum atomic E-state index is 0.212. The van der Waals surface area contributed by atoms with Gasteiger partial charge in [0.05, 0.1) is 17.8 Å². The summed E-state index contributed by atoms with van der Waals surface area (Å²) in [6.07, 6.45) is 5.99. The molecule has 2 aromatic rings. The van der Waals surface area contributed by atoms with Crippen LogP contribution in [0, 0.1) is 6.92 Å². The maximum atomic E-state index is 11.4. The molecule has 0 aliphatic carbocycles. The van der Waals surface area contributed by atoms with Crippen LogP contribution in [-0.2, 0) is 24.4 Å². The Balaban J connectivity index is 1.71. The number of nitrogens with zero attached hydrogens (tertiary/aromatic N) is 4. The summed E-state index contributed by atoms with van der Waals surface area (Å²) in [6.45, 7) is 10.2. The first-order chi connectivity index (χ1) is 15.9. The van der Waals surface area contributed by atoms with Gasteiger partial charge < -0.3 is 15.5 Å². The van der Waals surface area contributed by atoms with Gasteiger partial charge in [0.15, 0.2) is 6.29 Å². The molecule has 0 amide bonds. The average molecular weight is 440 g/mol. The number of allylic oxidation sites excluding steroid dienone is 3. The van der Waals surface area contributed by atoms with E-state index in [-0.39, 0.29) is 5.84 Å². The summed E-state index contributed by atoms with van der Waals surface area (Å²) in [4.78, 5) is 25.3. The predicted molar refractivity (Wildman–Crippen MR) is 135 cm³/mol. The molecule has 0 fully saturated rings. The highest BCUT2D eigenvalue weighted by atomic mass is 16.1. The van der Waals surface area contributed by atoms with E-state index in [1.807, 2.05) is 27.0 Å². The molecular formula is C27H29N5O. The first-order valence-electron chi connectivity index (χ1n) is 11.0. The lowest BCUT2D eigenvalue weighted by Gasteiger charge is -2.34. The number of hydrogen-bond acceptors (Lipinski definition) is 5. The van der Waals surface area contributed by atoms with Crippen molar-refractivity contribution in [2.24, 2.45) is 15.7 Å². The van der Waals surface area contributed by atoms with Crippen LogP contribution in [0.25, 0.3) is 5.70 Å². The van der Waals surface area contributed by atoms with Crippen LogP contribution in [0.15, 0.2) is 76.8 Å². The van der Waals surface area contributed by atoms with Crippen molar-refractivity contribution in [2.45, 2.75) is 33.5 Å². The van der Waals surface area contributed by atoms with E-state index in [2.05, 4.69) is 57.8 Å². The van der Waals surface area contributed by atoms with Crippen molar-refractivity contribution < 1.29 is 4.79 Å². The van der Waals surface area contributed by atoms with Gasteiger partial charge in [0.2, 0.25) is 5.96 Å². The number of fused-ring (bicyclic) bond motifs is 2. The Kier molecular flexibility index (Phi) is 6.27. The number of nitrogens with two attached hydrogens (primary N) is 1. The molecule has 0 bridgehead atoms. The van der Waals surface area contributed by atoms with Gasteiger partial charge in [0, 0.05) is 37.0 Å². The number of benzene rings is 2. The standard InChI is InChI=1S/C27H29N5O/c1-5-6-9-22(17-33)26(28)29-14-23-12-18(2)13-24-19(3)31(4)27(30-25(23)24)32-15-20-10-7-8-11-21(20)16-32/h5-13,17H,3,14-16H2,1-2,4H3,(H2,28,29)/b6-5-,22-9-. The second-order valence-electron chi connectivity index (χ2n) is 8.33. The maximum Gasteiger partial charge on any atom is 0.206 e. The molecule has 0 atom stereocenters. The Hall–Kier alpha value is -3.93. The smallest absolute Gasteiger partial charge is 0.206 e. The third-order valence-electron chi connectivity index (χ3n) is 6.00. The third kappa shape index (κ3) is 4.37. The van der Waals surface area contributed by atoms with E-state index in [1.165, 1.54) is 11.1 Å². The second kappa shape index (κ2) is 9.28. The first kappa shape index (κ1) is 22.3. The van der Waals surface area contributed by atoms with E-state index in [9.17, 15) is 4.79 Å². The molecule has 0 spiro atoms. The van der Waals surface area contributed by atoms with Crippen LogP contribution in [0.5, 0.6) is 0 Å². The number of amidine groups is 1. The molecule has 33 heavy (non-hydrogen) atoms. The van der Waals surface area contributed by atoms with Gasteiger partial charge in [-0.1, -0.05) is 49.1 Å². The van der Waals surface area contributed by atoms with E-state index in [4.69, 9.17) is 10.7 Å². The highest BCUT2D eigenvalue weighted by molar-refractivity contribution is 6.13. The second-order valence-corrected chi connectivity index (χ2v) is 8.33. The number of carbonyl (C=O) groups excluding carboxylic acids is 1. The van der Waals surface area contributed by atoms with Gasteiger partial charge in [-0.2, -0.15) is 0 Å². The van der Waals surface area contributed by atoms with Gasteiger partial charge in [-0.15, -0.1) is 0 Å². The molecule has 4 rings (SSSR count). The van der Waals surface area contributed by atoms with Crippen molar-refractivity contribution in [3.05, 3.63) is 94.6 Å². The van der Waals surface area contributed by atoms with Crippen LogP contribution in [0.4, 0.5) is 5.69 Å². The lowest BCUT2D eigenvalue weighted by Crippen LogP contribution is -2.40. The van der Waals surface area contributed by atoms with Crippen molar-refractivity contribution in [3.8, 4) is 0 Å². The van der Waals surface area contributed by atoms with Crippen LogP contribution in [0.2, 0.25) is 0 Å². The van der Waals surface area contributed by atoms with Gasteiger partial charge >= 0.3 is 0 Å². The monoisotopic (exact) mass is 439 g/mol. The predicted octanol–water partition coefficient (Wildman–Crippen LogP) is 4.47. The fourth-order valence-corrected chi connectivity index (χ4v) is 4.21. The molecule has 6 nitrogen and oxygen atoms in total. The summed E-state index contributed by atoms with van der Waals surface area (Å²) in [7, 11) is 2.01. The Morgan fingerprint density at radius 3 is 2.58 bits per heavy atom. The largest absolute Gasteiger partial charge is 0.383 e. The molecule has 0 radical (unpaired) electrons. The number of aldehydes is 1. The fourth-order valence-electron chi connectivity index (χ4n) is 4.21. The van der Waals surface area contributed by atoms with Crippen LogP contribution >= 0.6 is 0 Å². The normalized spacial score (nSPS) is 16.2. The SMILES string of the molecule is C=C1c2cc(C)cc(CN=C(N)/C(C=O)=C\C=C/C)c2N=C(N2Cc3ccccc3C2)N1C. The van der Waals surface area contributed by atoms with Crippen molar-refractivity contribution in [3.63, 3.8) is 0 Å². The van der Waals surface area contributed by atoms with Gasteiger partial charge in [0.25, 0.3) is 0 Å². The molecule has 6 heteroatoms. The quantitative estimate of drug-likeness (QED) is 0.245. The van der Waals surface area contributed by atoms with E-state index in [0.29, 0.717) is 12.1 Å². The molecule has 168 valence electrons. The van der Waals surface area contributed by atoms with Gasteiger partial charge in [-0.3, -0.25) is 9.79 Å². The molecular weight excluding hydrogens is 410 g/mol. The Labute approximate surface area is 195 Å². The summed E-state index contributed by atoms with van der Waals surface area (Å²) in [6, 6.07) is 12.7. The van der Waals surface area contributed by atoms with Crippen LogP contribution in [0.1, 0.15) is 34.7 Å². The van der Waals surface area contributed by atoms with Crippen molar-refractivity contribution >= 4 is 29.5 Å². The van der Waals surface area contributed by atoms with E-state index < -0.39 is 0 Å². The Bertz CT molecular complexity index is 1210. The third-order valence-corrected chi connectivity index (χ3v) is 6.00. The Morgan fingerprint density at radius 1 is 1.24 bits per heavy atom. The lowest BCUT2D eigenvalue weighted by molar-refractivity contribution is -0.104. The summed E-state index contributed by atoms with van der Waals surface area (Å²) < 4.78 is 0. The van der Waals surface area contributed by atoms with E-state index in [1.54, 1.807) is 12.2 Å². The number of carbonyl (C=O) groups is 1. The summed E-state index contributed by atoms with van der Waals surface area (Å²) in [5.74, 6) is 1.08. The number of guanidine groups is 1. The maximum absolute atomic E-state index is 11.4. The van der Waals surface area contributed by atoms with E-state index >= 15 is 0 Å². The molecule has 0 saturated carbocycles. The van der Waals surface area contributed by atoms with Crippen LogP contribution in [0.3, 0.4) is 0 Å². The van der Waals surface area contributed by atoms with Gasteiger partial charge in [-0.25, -0.2) is 4.99 Å². The summed E-state index contributed by atoms with van der Waals surface area (Å²) in [5.41, 5.74) is 13.9. The molecule has 0 aromatic heterocycles. The molecule has 0 saturated heterocycles. The zero-order chi connectivity index (χ0) is 23.5. The van der Waals surface area contributed by atoms with Gasteiger partial charge in [0.1, 0.15) is 5.84 Å². The molecule has 2 N–H and O–H groups in total. The number of rotatable bonds is 5. The first-order valence-corrected chi connectivity index (χ1v) is 11.0. The minimum Gasteiger partial charge on any atom is -0.383 e. The van der Waals surface area contributed by atoms with Crippen LogP contribution < -0.4 is 5.73 Å². The van der Waals surface area contributed by atoms with E-state index in [0.717, 1.165) is 53.4 Å². The number of aryl methyl sites for hydroxylation is 1. The highest BCUT2D eigenvalue weighted by Crippen LogP contribution is 2.38. The molecule has 0 unspecified atom stereocenters. The number of aliphatic imine (C=N–C) groups is 2.